The van der Waals surface area contributed by atoms with Gasteiger partial charge in [0, 0.05) is 12.2 Å². The van der Waals surface area contributed by atoms with E-state index in [4.69, 9.17) is 4.74 Å². The van der Waals surface area contributed by atoms with Gasteiger partial charge in [-0.15, -0.1) is 0 Å². The maximum Gasteiger partial charge on any atom is 0.228 e. The van der Waals surface area contributed by atoms with E-state index in [1.54, 1.807) is 7.11 Å². The van der Waals surface area contributed by atoms with Crippen LogP contribution >= 0.6 is 0 Å². The molecule has 0 atom stereocenters. The van der Waals surface area contributed by atoms with Crippen molar-refractivity contribution in [3.63, 3.8) is 0 Å². The first-order chi connectivity index (χ1) is 10.7. The number of ether oxygens (including phenoxy) is 1. The molecular formula is C18H22N2O2. The Labute approximate surface area is 131 Å². The molecule has 2 aromatic carbocycles. The number of methoxy groups -OCH3 is 1. The van der Waals surface area contributed by atoms with E-state index in [2.05, 4.69) is 17.6 Å². The molecule has 4 heteroatoms. The van der Waals surface area contributed by atoms with Gasteiger partial charge in [0.1, 0.15) is 5.75 Å². The quantitative estimate of drug-likeness (QED) is 0.826. The standard InChI is InChI=1S/C18H22N2O2/c1-3-19-13-15-6-4-5-7-17(15)20-18(21)12-14-8-10-16(22-2)11-9-14/h4-11,19H,3,12-13H2,1-2H3,(H,20,21). The largest absolute Gasteiger partial charge is 0.497 e. The van der Waals surface area contributed by atoms with Crippen LogP contribution in [0.3, 0.4) is 0 Å². The summed E-state index contributed by atoms with van der Waals surface area (Å²) < 4.78 is 5.12. The summed E-state index contributed by atoms with van der Waals surface area (Å²) in [6.07, 6.45) is 0.347. The molecule has 22 heavy (non-hydrogen) atoms. The van der Waals surface area contributed by atoms with E-state index in [1.807, 2.05) is 48.5 Å². The van der Waals surface area contributed by atoms with Gasteiger partial charge in [-0.2, -0.15) is 0 Å². The van der Waals surface area contributed by atoms with E-state index >= 15 is 0 Å². The molecule has 0 spiro atoms. The van der Waals surface area contributed by atoms with E-state index in [0.29, 0.717) is 6.42 Å². The lowest BCUT2D eigenvalue weighted by Crippen LogP contribution is -2.18. The SMILES string of the molecule is CCNCc1ccccc1NC(=O)Cc1ccc(OC)cc1. The number of nitrogens with one attached hydrogen (secondary N) is 2. The maximum absolute atomic E-state index is 12.2. The van der Waals surface area contributed by atoms with E-state index in [9.17, 15) is 4.79 Å². The zero-order valence-corrected chi connectivity index (χ0v) is 13.1. The van der Waals surface area contributed by atoms with E-state index in [0.717, 1.165) is 35.7 Å². The van der Waals surface area contributed by atoms with Crippen molar-refractivity contribution in [2.24, 2.45) is 0 Å². The Morgan fingerprint density at radius 2 is 1.82 bits per heavy atom. The van der Waals surface area contributed by atoms with Crippen LogP contribution in [0.25, 0.3) is 0 Å². The number of hydrogen-bond donors (Lipinski definition) is 2. The molecule has 4 nitrogen and oxygen atoms in total. The fourth-order valence-electron chi connectivity index (χ4n) is 2.18. The van der Waals surface area contributed by atoms with Crippen LogP contribution in [-0.4, -0.2) is 19.6 Å². The molecule has 0 saturated carbocycles. The average Bonchev–Trinajstić information content (AvgIpc) is 2.54. The number of carbonyl (C=O) groups excluding carboxylic acids is 1. The van der Waals surface area contributed by atoms with E-state index in [1.165, 1.54) is 0 Å². The smallest absolute Gasteiger partial charge is 0.228 e. The number of anilines is 1. The number of amides is 1. The molecule has 0 fully saturated rings. The van der Waals surface area contributed by atoms with Crippen molar-refractivity contribution in [2.45, 2.75) is 19.9 Å². The minimum atomic E-state index is -0.0193. The summed E-state index contributed by atoms with van der Waals surface area (Å²) in [6, 6.07) is 15.4. The average molecular weight is 298 g/mol. The van der Waals surface area contributed by atoms with Crippen LogP contribution in [0.15, 0.2) is 48.5 Å². The van der Waals surface area contributed by atoms with Gasteiger partial charge in [0.25, 0.3) is 0 Å². The summed E-state index contributed by atoms with van der Waals surface area (Å²) in [6.45, 7) is 3.70. The molecule has 1 amide bonds. The molecule has 116 valence electrons. The van der Waals surface area contributed by atoms with E-state index in [-0.39, 0.29) is 5.91 Å². The van der Waals surface area contributed by atoms with Crippen LogP contribution in [0, 0.1) is 0 Å². The summed E-state index contributed by atoms with van der Waals surface area (Å²) >= 11 is 0. The third-order valence-corrected chi connectivity index (χ3v) is 3.38. The maximum atomic E-state index is 12.2. The minimum Gasteiger partial charge on any atom is -0.497 e. The molecular weight excluding hydrogens is 276 g/mol. The fraction of sp³-hybridized carbons (Fsp3) is 0.278. The van der Waals surface area contributed by atoms with Gasteiger partial charge in [0.15, 0.2) is 0 Å². The lowest BCUT2D eigenvalue weighted by molar-refractivity contribution is -0.115. The van der Waals surface area contributed by atoms with Gasteiger partial charge in [0.05, 0.1) is 13.5 Å². The van der Waals surface area contributed by atoms with Gasteiger partial charge in [0.2, 0.25) is 5.91 Å². The highest BCUT2D eigenvalue weighted by Gasteiger charge is 2.07. The topological polar surface area (TPSA) is 50.4 Å². The van der Waals surface area contributed by atoms with Gasteiger partial charge < -0.3 is 15.4 Å². The summed E-state index contributed by atoms with van der Waals surface area (Å²) in [7, 11) is 1.63. The second kappa shape index (κ2) is 8.20. The molecule has 0 bridgehead atoms. The molecule has 0 saturated heterocycles. The third kappa shape index (κ3) is 4.60. The first kappa shape index (κ1) is 16.0. The Bertz CT molecular complexity index is 609. The van der Waals surface area contributed by atoms with Gasteiger partial charge in [-0.1, -0.05) is 37.3 Å². The van der Waals surface area contributed by atoms with Crippen LogP contribution in [0.4, 0.5) is 5.69 Å². The van der Waals surface area contributed by atoms with Crippen molar-refractivity contribution < 1.29 is 9.53 Å². The fourth-order valence-corrected chi connectivity index (χ4v) is 2.18. The number of hydrogen-bond acceptors (Lipinski definition) is 3. The second-order valence-corrected chi connectivity index (χ2v) is 5.01. The van der Waals surface area contributed by atoms with Crippen LogP contribution in [0.2, 0.25) is 0 Å². The van der Waals surface area contributed by atoms with Crippen LogP contribution in [0.1, 0.15) is 18.1 Å². The number of rotatable bonds is 7. The van der Waals surface area contributed by atoms with Gasteiger partial charge >= 0.3 is 0 Å². The molecule has 2 rings (SSSR count). The lowest BCUT2D eigenvalue weighted by Gasteiger charge is -2.11. The zero-order chi connectivity index (χ0) is 15.8. The Kier molecular flexibility index (Phi) is 5.98. The molecule has 0 aliphatic rings. The second-order valence-electron chi connectivity index (χ2n) is 5.01. The van der Waals surface area contributed by atoms with Gasteiger partial charge in [-0.25, -0.2) is 0 Å². The normalized spacial score (nSPS) is 10.3. The highest BCUT2D eigenvalue weighted by Crippen LogP contribution is 2.16. The Balaban J connectivity index is 1.99. The van der Waals surface area contributed by atoms with Crippen molar-refractivity contribution in [3.05, 3.63) is 59.7 Å². The third-order valence-electron chi connectivity index (χ3n) is 3.38. The molecule has 2 aromatic rings. The minimum absolute atomic E-state index is 0.0193. The highest BCUT2D eigenvalue weighted by atomic mass is 16.5. The Morgan fingerprint density at radius 3 is 2.50 bits per heavy atom. The summed E-state index contributed by atoms with van der Waals surface area (Å²) in [5.41, 5.74) is 2.91. The first-order valence-corrected chi connectivity index (χ1v) is 7.44. The van der Waals surface area contributed by atoms with Crippen molar-refractivity contribution in [1.82, 2.24) is 5.32 Å². The summed E-state index contributed by atoms with van der Waals surface area (Å²) in [5, 5.41) is 6.26. The van der Waals surface area contributed by atoms with Crippen LogP contribution < -0.4 is 15.4 Å². The zero-order valence-electron chi connectivity index (χ0n) is 13.1. The predicted molar refractivity (Wildman–Crippen MR) is 89.2 cm³/mol. The number of carbonyl (C=O) groups is 1. The Hall–Kier alpha value is -2.33. The molecule has 0 aliphatic carbocycles. The lowest BCUT2D eigenvalue weighted by atomic mass is 10.1. The molecule has 0 radical (unpaired) electrons. The monoisotopic (exact) mass is 298 g/mol. The van der Waals surface area contributed by atoms with Gasteiger partial charge in [-0.3, -0.25) is 4.79 Å². The van der Waals surface area contributed by atoms with Crippen molar-refractivity contribution in [1.29, 1.82) is 0 Å². The van der Waals surface area contributed by atoms with E-state index < -0.39 is 0 Å². The summed E-state index contributed by atoms with van der Waals surface area (Å²) in [4.78, 5) is 12.2. The van der Waals surface area contributed by atoms with Crippen molar-refractivity contribution in [3.8, 4) is 5.75 Å². The van der Waals surface area contributed by atoms with Crippen molar-refractivity contribution >= 4 is 11.6 Å². The van der Waals surface area contributed by atoms with Gasteiger partial charge in [-0.05, 0) is 35.9 Å². The molecule has 2 N–H and O–H groups in total. The first-order valence-electron chi connectivity index (χ1n) is 7.44. The van der Waals surface area contributed by atoms with Crippen LogP contribution in [0.5, 0.6) is 5.75 Å². The highest BCUT2D eigenvalue weighted by molar-refractivity contribution is 5.93. The van der Waals surface area contributed by atoms with Crippen molar-refractivity contribution in [2.75, 3.05) is 19.0 Å². The predicted octanol–water partition coefficient (Wildman–Crippen LogP) is 2.99. The molecule has 0 unspecified atom stereocenters. The molecule has 0 aliphatic heterocycles. The molecule has 0 heterocycles. The molecule has 0 aromatic heterocycles. The Morgan fingerprint density at radius 1 is 1.09 bits per heavy atom. The van der Waals surface area contributed by atoms with Crippen LogP contribution in [-0.2, 0) is 17.8 Å². The summed E-state index contributed by atoms with van der Waals surface area (Å²) in [5.74, 6) is 0.772. The number of para-hydroxylation sites is 1. The number of benzene rings is 2.